The van der Waals surface area contributed by atoms with Gasteiger partial charge in [0, 0.05) is 10.0 Å². The molecule has 8 heteroatoms. The summed E-state index contributed by atoms with van der Waals surface area (Å²) < 4.78 is 13.0. The SMILES string of the molecule is Cc1nc2ccc(Br)cc2c(=O)n1N=Cc1c(OCC(=O)OC(C)C)ccc2ccccc12. The van der Waals surface area contributed by atoms with E-state index in [2.05, 4.69) is 26.0 Å². The van der Waals surface area contributed by atoms with Gasteiger partial charge in [-0.05, 0) is 55.8 Å². The van der Waals surface area contributed by atoms with E-state index in [1.807, 2.05) is 36.4 Å². The minimum atomic E-state index is -0.461. The molecule has 4 rings (SSSR count). The number of hydrogen-bond donors (Lipinski definition) is 0. The summed E-state index contributed by atoms with van der Waals surface area (Å²) in [7, 11) is 0. The van der Waals surface area contributed by atoms with Crippen molar-refractivity contribution in [2.75, 3.05) is 6.61 Å². The van der Waals surface area contributed by atoms with Crippen LogP contribution in [0.3, 0.4) is 0 Å². The van der Waals surface area contributed by atoms with Crippen molar-refractivity contribution in [1.82, 2.24) is 9.66 Å². The number of carbonyl (C=O) groups is 1. The highest BCUT2D eigenvalue weighted by Gasteiger charge is 2.13. The second-order valence-corrected chi connectivity index (χ2v) is 8.62. The number of halogens is 1. The summed E-state index contributed by atoms with van der Waals surface area (Å²) >= 11 is 3.40. The third-order valence-electron chi connectivity index (χ3n) is 4.92. The molecule has 0 amide bonds. The minimum absolute atomic E-state index is 0.228. The lowest BCUT2D eigenvalue weighted by Gasteiger charge is -2.13. The summed E-state index contributed by atoms with van der Waals surface area (Å²) in [5.74, 6) is 0.451. The molecule has 0 saturated carbocycles. The van der Waals surface area contributed by atoms with E-state index in [1.165, 1.54) is 4.68 Å². The molecule has 0 aliphatic carbocycles. The van der Waals surface area contributed by atoms with Gasteiger partial charge in [0.15, 0.2) is 6.61 Å². The largest absolute Gasteiger partial charge is 0.481 e. The number of ether oxygens (including phenoxy) is 2. The average molecular weight is 508 g/mol. The number of esters is 1. The normalized spacial score (nSPS) is 11.5. The molecule has 0 N–H and O–H groups in total. The van der Waals surface area contributed by atoms with Crippen LogP contribution in [-0.2, 0) is 9.53 Å². The van der Waals surface area contributed by atoms with E-state index in [0.717, 1.165) is 15.2 Å². The average Bonchev–Trinajstić information content (AvgIpc) is 2.78. The number of carbonyl (C=O) groups excluding carboxylic acids is 1. The Morgan fingerprint density at radius 2 is 1.94 bits per heavy atom. The van der Waals surface area contributed by atoms with Gasteiger partial charge in [-0.25, -0.2) is 9.78 Å². The van der Waals surface area contributed by atoms with E-state index >= 15 is 0 Å². The molecular formula is C25H22BrN3O4. The summed E-state index contributed by atoms with van der Waals surface area (Å²) in [5.41, 5.74) is 0.967. The highest BCUT2D eigenvalue weighted by molar-refractivity contribution is 9.10. The number of fused-ring (bicyclic) bond motifs is 2. The molecule has 0 aliphatic heterocycles. The van der Waals surface area contributed by atoms with Crippen LogP contribution in [0.5, 0.6) is 5.75 Å². The Hall–Kier alpha value is -3.52. The first kappa shape index (κ1) is 22.7. The van der Waals surface area contributed by atoms with E-state index in [-0.39, 0.29) is 18.3 Å². The molecule has 168 valence electrons. The zero-order chi connectivity index (χ0) is 23.5. The molecule has 1 heterocycles. The molecule has 3 aromatic carbocycles. The number of hydrogen-bond acceptors (Lipinski definition) is 6. The molecule has 0 radical (unpaired) electrons. The van der Waals surface area contributed by atoms with E-state index in [4.69, 9.17) is 9.47 Å². The third-order valence-corrected chi connectivity index (χ3v) is 5.41. The molecular weight excluding hydrogens is 486 g/mol. The summed E-state index contributed by atoms with van der Waals surface area (Å²) in [5, 5.41) is 6.75. The van der Waals surface area contributed by atoms with Gasteiger partial charge in [0.25, 0.3) is 5.56 Å². The van der Waals surface area contributed by atoms with Crippen molar-refractivity contribution in [3.8, 4) is 5.75 Å². The number of aryl methyl sites for hydroxylation is 1. The first-order valence-electron chi connectivity index (χ1n) is 10.4. The summed E-state index contributed by atoms with van der Waals surface area (Å²) in [6.07, 6.45) is 1.33. The minimum Gasteiger partial charge on any atom is -0.481 e. The monoisotopic (exact) mass is 507 g/mol. The van der Waals surface area contributed by atoms with Crippen LogP contribution < -0.4 is 10.3 Å². The molecule has 1 aromatic heterocycles. The van der Waals surface area contributed by atoms with Crippen LogP contribution in [0, 0.1) is 6.92 Å². The molecule has 0 fully saturated rings. The van der Waals surface area contributed by atoms with Gasteiger partial charge in [0.2, 0.25) is 0 Å². The van der Waals surface area contributed by atoms with Gasteiger partial charge in [-0.3, -0.25) is 4.79 Å². The van der Waals surface area contributed by atoms with Crippen molar-refractivity contribution >= 4 is 49.8 Å². The maximum Gasteiger partial charge on any atom is 0.344 e. The van der Waals surface area contributed by atoms with Crippen molar-refractivity contribution in [2.45, 2.75) is 26.9 Å². The van der Waals surface area contributed by atoms with Gasteiger partial charge in [0.1, 0.15) is 11.6 Å². The third kappa shape index (κ3) is 4.96. The van der Waals surface area contributed by atoms with E-state index < -0.39 is 5.97 Å². The zero-order valence-electron chi connectivity index (χ0n) is 18.4. The predicted molar refractivity (Wildman–Crippen MR) is 132 cm³/mol. The quantitative estimate of drug-likeness (QED) is 0.275. The molecule has 7 nitrogen and oxygen atoms in total. The first-order chi connectivity index (χ1) is 15.8. The van der Waals surface area contributed by atoms with Gasteiger partial charge >= 0.3 is 5.97 Å². The second-order valence-electron chi connectivity index (χ2n) is 7.71. The Bertz CT molecular complexity index is 1440. The maximum absolute atomic E-state index is 13.1. The number of benzene rings is 3. The first-order valence-corrected chi connectivity index (χ1v) is 11.2. The van der Waals surface area contributed by atoms with Crippen molar-refractivity contribution in [3.63, 3.8) is 0 Å². The van der Waals surface area contributed by atoms with Crippen molar-refractivity contribution < 1.29 is 14.3 Å². The predicted octanol–water partition coefficient (Wildman–Crippen LogP) is 4.83. The Labute approximate surface area is 198 Å². The number of nitrogens with zero attached hydrogens (tertiary/aromatic N) is 3. The van der Waals surface area contributed by atoms with Crippen LogP contribution >= 0.6 is 15.9 Å². The van der Waals surface area contributed by atoms with Crippen LogP contribution in [-0.4, -0.2) is 34.6 Å². The lowest BCUT2D eigenvalue weighted by molar-refractivity contribution is -0.149. The molecule has 0 spiro atoms. The molecule has 33 heavy (non-hydrogen) atoms. The summed E-state index contributed by atoms with van der Waals surface area (Å²) in [6.45, 7) is 5.05. The van der Waals surface area contributed by atoms with Crippen molar-refractivity contribution in [2.24, 2.45) is 5.10 Å². The van der Waals surface area contributed by atoms with Gasteiger partial charge in [0.05, 0.1) is 23.2 Å². The van der Waals surface area contributed by atoms with Crippen molar-refractivity contribution in [3.05, 3.63) is 80.8 Å². The zero-order valence-corrected chi connectivity index (χ0v) is 20.0. The van der Waals surface area contributed by atoms with Crippen LogP contribution in [0.25, 0.3) is 21.7 Å². The van der Waals surface area contributed by atoms with Gasteiger partial charge in [-0.1, -0.05) is 46.3 Å². The molecule has 0 unspecified atom stereocenters. The fourth-order valence-corrected chi connectivity index (χ4v) is 3.84. The Balaban J connectivity index is 1.78. The highest BCUT2D eigenvalue weighted by Crippen LogP contribution is 2.27. The summed E-state index contributed by atoms with van der Waals surface area (Å²) in [6, 6.07) is 16.8. The maximum atomic E-state index is 13.1. The van der Waals surface area contributed by atoms with E-state index in [9.17, 15) is 9.59 Å². The molecule has 0 saturated heterocycles. The van der Waals surface area contributed by atoms with Crippen LogP contribution in [0.2, 0.25) is 0 Å². The van der Waals surface area contributed by atoms with Gasteiger partial charge in [-0.2, -0.15) is 9.78 Å². The summed E-state index contributed by atoms with van der Waals surface area (Å²) in [4.78, 5) is 29.6. The van der Waals surface area contributed by atoms with Crippen LogP contribution in [0.15, 0.2) is 69.0 Å². The molecule has 0 aliphatic rings. The van der Waals surface area contributed by atoms with Gasteiger partial charge in [-0.15, -0.1) is 0 Å². The Morgan fingerprint density at radius 1 is 1.15 bits per heavy atom. The second kappa shape index (κ2) is 9.54. The standard InChI is InChI=1S/C25H22BrN3O4/c1-15(2)33-24(30)14-32-23-11-8-17-6-4-5-7-19(17)21(23)13-27-29-16(3)28-22-10-9-18(26)12-20(22)25(29)31/h4-13,15H,14H2,1-3H3. The molecule has 0 atom stereocenters. The molecule has 0 bridgehead atoms. The van der Waals surface area contributed by atoms with Gasteiger partial charge < -0.3 is 9.47 Å². The van der Waals surface area contributed by atoms with Crippen LogP contribution in [0.4, 0.5) is 0 Å². The fraction of sp³-hybridized carbons (Fsp3) is 0.200. The topological polar surface area (TPSA) is 82.8 Å². The lowest BCUT2D eigenvalue weighted by atomic mass is 10.0. The highest BCUT2D eigenvalue weighted by atomic mass is 79.9. The fourth-order valence-electron chi connectivity index (χ4n) is 3.48. The van der Waals surface area contributed by atoms with E-state index in [0.29, 0.717) is 28.0 Å². The number of rotatable bonds is 6. The van der Waals surface area contributed by atoms with Crippen molar-refractivity contribution in [1.29, 1.82) is 0 Å². The Morgan fingerprint density at radius 3 is 2.73 bits per heavy atom. The smallest absolute Gasteiger partial charge is 0.344 e. The van der Waals surface area contributed by atoms with E-state index in [1.54, 1.807) is 45.2 Å². The molecule has 4 aromatic rings. The van der Waals surface area contributed by atoms with Crippen LogP contribution in [0.1, 0.15) is 25.2 Å². The Kier molecular flexibility index (Phi) is 6.55. The number of aromatic nitrogens is 2. The lowest BCUT2D eigenvalue weighted by Crippen LogP contribution is -2.21.